The molecule has 0 saturated carbocycles. The fourth-order valence-corrected chi connectivity index (χ4v) is 0. The summed E-state index contributed by atoms with van der Waals surface area (Å²) in [5.74, 6) is 0. The molecule has 0 spiro atoms. The Hall–Kier alpha value is 2.56. The minimum atomic E-state index is -4.67. The van der Waals surface area contributed by atoms with E-state index in [1.54, 1.807) is 0 Å². The Morgan fingerprint density at radius 3 is 1.14 bits per heavy atom. The molecule has 0 rings (SSSR count). The van der Waals surface area contributed by atoms with Crippen molar-refractivity contribution in [1.82, 2.24) is 0 Å². The van der Waals surface area contributed by atoms with E-state index in [2.05, 4.69) is 0 Å². The van der Waals surface area contributed by atoms with Gasteiger partial charge in [-0.3, -0.25) is 9.11 Å². The summed E-state index contributed by atoms with van der Waals surface area (Å²) in [6, 6.07) is 0. The van der Waals surface area contributed by atoms with Gasteiger partial charge in [0.1, 0.15) is 0 Å². The maximum atomic E-state index is 8.74. The number of rotatable bonds is 0. The van der Waals surface area contributed by atoms with Crippen LogP contribution in [0.4, 0.5) is 0 Å². The molecule has 0 aromatic carbocycles. The van der Waals surface area contributed by atoms with Gasteiger partial charge in [0, 0.05) is 82.1 Å². The zero-order chi connectivity index (χ0) is 4.50. The first-order valence-electron chi connectivity index (χ1n) is 0.698. The van der Waals surface area contributed by atoms with E-state index < -0.39 is 10.4 Å². The predicted molar refractivity (Wildman–Crippen MR) is 14.2 cm³/mol. The molecule has 0 bridgehead atoms. The standard InChI is InChI=1S/Eu.H2O4S.Y/c;1-5(2,3)4;/h;(H2,1,2,3,4);. The van der Waals surface area contributed by atoms with Gasteiger partial charge in [-0.15, -0.1) is 0 Å². The third-order valence-electron chi connectivity index (χ3n) is 0. The van der Waals surface area contributed by atoms with Crippen molar-refractivity contribution in [2.75, 3.05) is 0 Å². The van der Waals surface area contributed by atoms with Gasteiger partial charge in [0.25, 0.3) is 0 Å². The summed E-state index contributed by atoms with van der Waals surface area (Å²) < 4.78 is 31.6. The van der Waals surface area contributed by atoms with Gasteiger partial charge in [0.2, 0.25) is 0 Å². The quantitative estimate of drug-likeness (QED) is 0.575. The zero-order valence-electron chi connectivity index (χ0n) is 3.07. The van der Waals surface area contributed by atoms with Gasteiger partial charge in [-0.2, -0.15) is 8.42 Å². The maximum absolute atomic E-state index is 8.74. The van der Waals surface area contributed by atoms with Gasteiger partial charge in [0.15, 0.2) is 0 Å². The molecule has 0 heterocycles. The second-order valence-corrected chi connectivity index (χ2v) is 1.34. The molecular formula is H2EuO4SY. The van der Waals surface area contributed by atoms with Gasteiger partial charge in [0.05, 0.1) is 0 Å². The van der Waals surface area contributed by atoms with Crippen molar-refractivity contribution in [2.24, 2.45) is 0 Å². The van der Waals surface area contributed by atoms with E-state index >= 15 is 0 Å². The smallest absolute Gasteiger partial charge is 0.264 e. The van der Waals surface area contributed by atoms with Crippen LogP contribution in [0.25, 0.3) is 0 Å². The molecule has 0 unspecified atom stereocenters. The molecule has 7 heteroatoms. The van der Waals surface area contributed by atoms with Crippen molar-refractivity contribution >= 4 is 10.4 Å². The van der Waals surface area contributed by atoms with Crippen LogP contribution in [0, 0.1) is 49.4 Å². The Balaban J connectivity index is -0.0000000800. The van der Waals surface area contributed by atoms with Gasteiger partial charge in [-0.05, 0) is 0 Å². The van der Waals surface area contributed by atoms with E-state index in [1.807, 2.05) is 0 Å². The monoisotopic (exact) mass is 340 g/mol. The Morgan fingerprint density at radius 1 is 1.14 bits per heavy atom. The Morgan fingerprint density at radius 2 is 1.14 bits per heavy atom. The van der Waals surface area contributed by atoms with E-state index in [4.69, 9.17) is 17.5 Å². The molecule has 0 aliphatic heterocycles. The molecule has 0 aromatic rings. The van der Waals surface area contributed by atoms with Crippen molar-refractivity contribution in [3.63, 3.8) is 0 Å². The molecular weight excluding hydrogens is 337 g/mol. The molecule has 0 aromatic heterocycles. The summed E-state index contributed by atoms with van der Waals surface area (Å²) >= 11 is 0. The zero-order valence-corrected chi connectivity index (χ0v) is 9.15. The van der Waals surface area contributed by atoms with Crippen LogP contribution in [-0.2, 0) is 43.1 Å². The van der Waals surface area contributed by atoms with Crippen LogP contribution in [0.3, 0.4) is 0 Å². The van der Waals surface area contributed by atoms with Crippen LogP contribution >= 0.6 is 0 Å². The van der Waals surface area contributed by atoms with E-state index in [9.17, 15) is 0 Å². The number of hydrogen-bond acceptors (Lipinski definition) is 2. The number of hydrogen-bond donors (Lipinski definition) is 2. The average Bonchev–Trinajstić information content (AvgIpc) is 0.722. The van der Waals surface area contributed by atoms with Crippen LogP contribution < -0.4 is 0 Å². The van der Waals surface area contributed by atoms with Gasteiger partial charge < -0.3 is 0 Å². The summed E-state index contributed by atoms with van der Waals surface area (Å²) in [4.78, 5) is 0. The predicted octanol–water partition coefficient (Wildman–Crippen LogP) is -0.655. The van der Waals surface area contributed by atoms with Crippen LogP contribution in [-0.4, -0.2) is 17.5 Å². The van der Waals surface area contributed by atoms with Crippen molar-refractivity contribution in [3.05, 3.63) is 0 Å². The van der Waals surface area contributed by atoms with Crippen molar-refractivity contribution in [3.8, 4) is 0 Å². The first-order chi connectivity index (χ1) is 2.00. The molecule has 0 aliphatic carbocycles. The summed E-state index contributed by atoms with van der Waals surface area (Å²) in [5.41, 5.74) is 0. The topological polar surface area (TPSA) is 74.6 Å². The first-order valence-corrected chi connectivity index (χ1v) is 2.10. The molecule has 0 fully saturated rings. The summed E-state index contributed by atoms with van der Waals surface area (Å²) in [7, 11) is -4.67. The van der Waals surface area contributed by atoms with E-state index in [-0.39, 0.29) is 82.1 Å². The SMILES string of the molecule is O=S(=O)(O)O.[Eu].[Y]. The fourth-order valence-electron chi connectivity index (χ4n) is 0. The summed E-state index contributed by atoms with van der Waals surface area (Å²) in [6.07, 6.45) is 0. The molecule has 4 nitrogen and oxygen atoms in total. The second-order valence-electron chi connectivity index (χ2n) is 0.448. The average molecular weight is 339 g/mol. The first kappa shape index (κ1) is 16.3. The van der Waals surface area contributed by atoms with Crippen molar-refractivity contribution in [2.45, 2.75) is 0 Å². The molecule has 0 saturated heterocycles. The van der Waals surface area contributed by atoms with E-state index in [1.165, 1.54) is 0 Å². The van der Waals surface area contributed by atoms with E-state index in [0.29, 0.717) is 0 Å². The molecule has 42 valence electrons. The van der Waals surface area contributed by atoms with Gasteiger partial charge in [-0.25, -0.2) is 0 Å². The van der Waals surface area contributed by atoms with Gasteiger partial charge >= 0.3 is 10.4 Å². The Bertz CT molecular complexity index is 94.9. The molecule has 0 amide bonds. The summed E-state index contributed by atoms with van der Waals surface area (Å²) in [5, 5.41) is 0. The molecule has 0 atom stereocenters. The molecule has 2 N–H and O–H groups in total. The minimum Gasteiger partial charge on any atom is -0.264 e. The summed E-state index contributed by atoms with van der Waals surface area (Å²) in [6.45, 7) is 0. The Kier molecular flexibility index (Phi) is 15.5. The van der Waals surface area contributed by atoms with Crippen LogP contribution in [0.5, 0.6) is 0 Å². The minimum absolute atomic E-state index is 0. The van der Waals surface area contributed by atoms with E-state index in [0.717, 1.165) is 0 Å². The molecule has 7 heavy (non-hydrogen) atoms. The molecule has 2 radical (unpaired) electrons. The normalized spacial score (nSPS) is 8.29. The maximum Gasteiger partial charge on any atom is 0.394 e. The fraction of sp³-hybridized carbons (Fsp3) is 0. The van der Waals surface area contributed by atoms with Crippen molar-refractivity contribution < 1.29 is 99.6 Å². The molecule has 0 aliphatic rings. The third kappa shape index (κ3) is 56.2. The van der Waals surface area contributed by atoms with Crippen LogP contribution in [0.15, 0.2) is 0 Å². The second kappa shape index (κ2) is 6.68. The largest absolute Gasteiger partial charge is 0.394 e. The van der Waals surface area contributed by atoms with Gasteiger partial charge in [-0.1, -0.05) is 0 Å². The van der Waals surface area contributed by atoms with Crippen LogP contribution in [0.1, 0.15) is 0 Å². The van der Waals surface area contributed by atoms with Crippen molar-refractivity contribution in [1.29, 1.82) is 0 Å². The van der Waals surface area contributed by atoms with Crippen LogP contribution in [0.2, 0.25) is 0 Å². The Labute approximate surface area is 107 Å². The third-order valence-corrected chi connectivity index (χ3v) is 0.